The lowest BCUT2D eigenvalue weighted by molar-refractivity contribution is 0.0600. The molecule has 22 heavy (non-hydrogen) atoms. The Labute approximate surface area is 126 Å². The first-order chi connectivity index (χ1) is 10.5. The smallest absolute Gasteiger partial charge is 0.337 e. The molecule has 1 heterocycles. The fraction of sp³-hybridized carbons (Fsp3) is 0.200. The molecule has 0 fully saturated rings. The highest BCUT2D eigenvalue weighted by Crippen LogP contribution is 2.11. The molecule has 0 unspecified atom stereocenters. The summed E-state index contributed by atoms with van der Waals surface area (Å²) in [4.78, 5) is 34.8. The summed E-state index contributed by atoms with van der Waals surface area (Å²) < 4.78 is 5.80. The first kappa shape index (κ1) is 15.4. The van der Waals surface area contributed by atoms with Gasteiger partial charge in [0.15, 0.2) is 0 Å². The fourth-order valence-electron chi connectivity index (χ4n) is 1.80. The number of anilines is 1. The van der Waals surface area contributed by atoms with Crippen molar-refractivity contribution in [3.63, 3.8) is 0 Å². The zero-order chi connectivity index (χ0) is 16.1. The number of amides is 1. The van der Waals surface area contributed by atoms with Crippen molar-refractivity contribution in [3.05, 3.63) is 58.0 Å². The Bertz CT molecular complexity index is 750. The Morgan fingerprint density at radius 1 is 1.18 bits per heavy atom. The quantitative estimate of drug-likeness (QED) is 0.860. The lowest BCUT2D eigenvalue weighted by atomic mass is 10.2. The van der Waals surface area contributed by atoms with E-state index in [0.29, 0.717) is 17.8 Å². The standard InChI is InChI=1S/C15H15N3O4/c1-3-18-13(19)9-8-12(17-18)14(20)16-11-6-4-10(5-7-11)15(21)22-2/h4-9H,3H2,1-2H3,(H,16,20). The molecule has 0 radical (unpaired) electrons. The molecule has 1 N–H and O–H groups in total. The van der Waals surface area contributed by atoms with Gasteiger partial charge in [-0.15, -0.1) is 0 Å². The minimum atomic E-state index is -0.449. The molecule has 1 amide bonds. The number of carbonyl (C=O) groups is 2. The van der Waals surface area contributed by atoms with Gasteiger partial charge in [0.05, 0.1) is 12.7 Å². The Morgan fingerprint density at radius 3 is 2.45 bits per heavy atom. The largest absolute Gasteiger partial charge is 0.465 e. The van der Waals surface area contributed by atoms with Crippen molar-refractivity contribution in [2.45, 2.75) is 13.5 Å². The van der Waals surface area contributed by atoms with Gasteiger partial charge in [-0.3, -0.25) is 9.59 Å². The molecule has 7 heteroatoms. The average Bonchev–Trinajstić information content (AvgIpc) is 2.55. The number of esters is 1. The van der Waals surface area contributed by atoms with Crippen LogP contribution in [0.2, 0.25) is 0 Å². The summed E-state index contributed by atoms with van der Waals surface area (Å²) in [5, 5.41) is 6.61. The van der Waals surface area contributed by atoms with Gasteiger partial charge in [0.1, 0.15) is 5.69 Å². The number of aryl methyl sites for hydroxylation is 1. The Balaban J connectivity index is 2.15. The second-order valence-corrected chi connectivity index (χ2v) is 4.40. The number of benzene rings is 1. The molecule has 0 aliphatic heterocycles. The highest BCUT2D eigenvalue weighted by Gasteiger charge is 2.10. The summed E-state index contributed by atoms with van der Waals surface area (Å²) in [5.74, 6) is -0.886. The van der Waals surface area contributed by atoms with Gasteiger partial charge >= 0.3 is 5.97 Å². The summed E-state index contributed by atoms with van der Waals surface area (Å²) >= 11 is 0. The van der Waals surface area contributed by atoms with E-state index in [0.717, 1.165) is 0 Å². The minimum absolute atomic E-state index is 0.137. The SMILES string of the molecule is CCn1nc(C(=O)Nc2ccc(C(=O)OC)cc2)ccc1=O. The molecule has 0 spiro atoms. The Hall–Kier alpha value is -2.96. The third kappa shape index (κ3) is 3.38. The predicted octanol–water partition coefficient (Wildman–Crippen LogP) is 1.30. The number of nitrogens with zero attached hydrogens (tertiary/aromatic N) is 2. The molecule has 0 bridgehead atoms. The molecule has 0 atom stereocenters. The maximum absolute atomic E-state index is 12.1. The number of hydrogen-bond donors (Lipinski definition) is 1. The fourth-order valence-corrected chi connectivity index (χ4v) is 1.80. The van der Waals surface area contributed by atoms with Crippen LogP contribution in [0.15, 0.2) is 41.2 Å². The molecule has 1 aromatic carbocycles. The topological polar surface area (TPSA) is 90.3 Å². The lowest BCUT2D eigenvalue weighted by Crippen LogP contribution is -2.25. The van der Waals surface area contributed by atoms with Crippen LogP contribution >= 0.6 is 0 Å². The molecule has 7 nitrogen and oxygen atoms in total. The van der Waals surface area contributed by atoms with Crippen molar-refractivity contribution >= 4 is 17.6 Å². The van der Waals surface area contributed by atoms with Crippen molar-refractivity contribution in [2.75, 3.05) is 12.4 Å². The van der Waals surface area contributed by atoms with Crippen LogP contribution in [0.4, 0.5) is 5.69 Å². The summed E-state index contributed by atoms with van der Waals surface area (Å²) in [5.41, 5.74) is 0.770. The molecule has 1 aromatic heterocycles. The average molecular weight is 301 g/mol. The monoisotopic (exact) mass is 301 g/mol. The van der Waals surface area contributed by atoms with Gasteiger partial charge in [0.25, 0.3) is 11.5 Å². The number of aromatic nitrogens is 2. The van der Waals surface area contributed by atoms with Crippen LogP contribution in [0.3, 0.4) is 0 Å². The minimum Gasteiger partial charge on any atom is -0.465 e. The third-order valence-electron chi connectivity index (χ3n) is 2.96. The molecular formula is C15H15N3O4. The summed E-state index contributed by atoms with van der Waals surface area (Å²) in [6.45, 7) is 2.15. The summed E-state index contributed by atoms with van der Waals surface area (Å²) in [6, 6.07) is 8.92. The zero-order valence-electron chi connectivity index (χ0n) is 12.2. The molecule has 2 aromatic rings. The van der Waals surface area contributed by atoms with Gasteiger partial charge in [0, 0.05) is 18.3 Å². The van der Waals surface area contributed by atoms with E-state index in [1.165, 1.54) is 23.9 Å². The molecule has 0 aliphatic rings. The highest BCUT2D eigenvalue weighted by molar-refractivity contribution is 6.03. The van der Waals surface area contributed by atoms with E-state index in [1.54, 1.807) is 31.2 Å². The molecule has 0 saturated carbocycles. The normalized spacial score (nSPS) is 10.1. The number of rotatable bonds is 4. The Morgan fingerprint density at radius 2 is 1.86 bits per heavy atom. The van der Waals surface area contributed by atoms with E-state index < -0.39 is 11.9 Å². The molecule has 2 rings (SSSR count). The van der Waals surface area contributed by atoms with E-state index in [4.69, 9.17) is 0 Å². The van der Waals surface area contributed by atoms with Crippen LogP contribution in [-0.4, -0.2) is 28.8 Å². The highest BCUT2D eigenvalue weighted by atomic mass is 16.5. The maximum atomic E-state index is 12.1. The van der Waals surface area contributed by atoms with Crippen molar-refractivity contribution in [1.82, 2.24) is 9.78 Å². The molecule has 0 aliphatic carbocycles. The number of nitrogens with one attached hydrogen (secondary N) is 1. The van der Waals surface area contributed by atoms with Gasteiger partial charge in [-0.25, -0.2) is 9.48 Å². The molecule has 114 valence electrons. The molecule has 0 saturated heterocycles. The number of carbonyl (C=O) groups excluding carboxylic acids is 2. The maximum Gasteiger partial charge on any atom is 0.337 e. The van der Waals surface area contributed by atoms with E-state index >= 15 is 0 Å². The van der Waals surface area contributed by atoms with Gasteiger partial charge in [-0.1, -0.05) is 0 Å². The van der Waals surface area contributed by atoms with Crippen molar-refractivity contribution in [2.24, 2.45) is 0 Å². The van der Waals surface area contributed by atoms with Crippen LogP contribution in [0.5, 0.6) is 0 Å². The van der Waals surface area contributed by atoms with Crippen LogP contribution in [0.25, 0.3) is 0 Å². The van der Waals surface area contributed by atoms with Gasteiger partial charge in [-0.05, 0) is 37.3 Å². The van der Waals surface area contributed by atoms with Crippen molar-refractivity contribution in [3.8, 4) is 0 Å². The van der Waals surface area contributed by atoms with Gasteiger partial charge in [0.2, 0.25) is 0 Å². The predicted molar refractivity (Wildman–Crippen MR) is 79.9 cm³/mol. The van der Waals surface area contributed by atoms with Crippen LogP contribution in [0.1, 0.15) is 27.8 Å². The lowest BCUT2D eigenvalue weighted by Gasteiger charge is -2.07. The second kappa shape index (κ2) is 6.66. The third-order valence-corrected chi connectivity index (χ3v) is 2.96. The van der Waals surface area contributed by atoms with Crippen molar-refractivity contribution < 1.29 is 14.3 Å². The second-order valence-electron chi connectivity index (χ2n) is 4.40. The Kier molecular flexibility index (Phi) is 4.67. The van der Waals surface area contributed by atoms with Gasteiger partial charge < -0.3 is 10.1 Å². The number of hydrogen-bond acceptors (Lipinski definition) is 5. The zero-order valence-corrected chi connectivity index (χ0v) is 12.2. The number of methoxy groups -OCH3 is 1. The van der Waals surface area contributed by atoms with Crippen LogP contribution < -0.4 is 10.9 Å². The van der Waals surface area contributed by atoms with Crippen LogP contribution in [0, 0.1) is 0 Å². The summed E-state index contributed by atoms with van der Waals surface area (Å²) in [6.07, 6.45) is 0. The van der Waals surface area contributed by atoms with Crippen LogP contribution in [-0.2, 0) is 11.3 Å². The first-order valence-corrected chi connectivity index (χ1v) is 6.63. The number of ether oxygens (including phenoxy) is 1. The van der Waals surface area contributed by atoms with E-state index in [9.17, 15) is 14.4 Å². The van der Waals surface area contributed by atoms with E-state index in [2.05, 4.69) is 15.2 Å². The van der Waals surface area contributed by atoms with E-state index in [-0.39, 0.29) is 11.3 Å². The van der Waals surface area contributed by atoms with E-state index in [1.807, 2.05) is 0 Å². The van der Waals surface area contributed by atoms with Crippen molar-refractivity contribution in [1.29, 1.82) is 0 Å². The molecular weight excluding hydrogens is 286 g/mol. The summed E-state index contributed by atoms with van der Waals surface area (Å²) in [7, 11) is 1.30. The first-order valence-electron chi connectivity index (χ1n) is 6.63. The van der Waals surface area contributed by atoms with Gasteiger partial charge in [-0.2, -0.15) is 5.10 Å².